The zero-order chi connectivity index (χ0) is 14.2. The highest BCUT2D eigenvalue weighted by atomic mass is 79.9. The van der Waals surface area contributed by atoms with Crippen LogP contribution in [-0.2, 0) is 9.59 Å². The van der Waals surface area contributed by atoms with Crippen LogP contribution in [0.5, 0.6) is 5.75 Å². The maximum atomic E-state index is 12.3. The predicted octanol–water partition coefficient (Wildman–Crippen LogP) is 2.76. The fourth-order valence-corrected chi connectivity index (χ4v) is 2.39. The summed E-state index contributed by atoms with van der Waals surface area (Å²) in [6, 6.07) is 5.32. The van der Waals surface area contributed by atoms with Crippen molar-refractivity contribution in [1.29, 1.82) is 0 Å². The quantitative estimate of drug-likeness (QED) is 0.638. The average molecular weight is 326 g/mol. The second-order valence-corrected chi connectivity index (χ2v) is 6.57. The predicted molar refractivity (Wildman–Crippen MR) is 75.0 cm³/mol. The minimum absolute atomic E-state index is 0.0748. The second kappa shape index (κ2) is 4.96. The van der Waals surface area contributed by atoms with Gasteiger partial charge in [-0.05, 0) is 39.0 Å². The van der Waals surface area contributed by atoms with Gasteiger partial charge >= 0.3 is 5.97 Å². The third-order valence-corrected chi connectivity index (χ3v) is 3.25. The van der Waals surface area contributed by atoms with E-state index in [1.807, 2.05) is 26.8 Å². The Morgan fingerprint density at radius 1 is 1.42 bits per heavy atom. The molecule has 1 unspecified atom stereocenters. The number of hydrogen-bond donors (Lipinski definition) is 1. The van der Waals surface area contributed by atoms with Crippen LogP contribution in [0, 0.1) is 0 Å². The van der Waals surface area contributed by atoms with Gasteiger partial charge < -0.3 is 10.1 Å². The molecule has 102 valence electrons. The summed E-state index contributed by atoms with van der Waals surface area (Å²) in [6.45, 7) is 5.73. The lowest BCUT2D eigenvalue weighted by Gasteiger charge is -2.28. The number of carbonyl (C=O) groups excluding carboxylic acids is 2. The summed E-state index contributed by atoms with van der Waals surface area (Å²) in [4.78, 5) is 23.9. The van der Waals surface area contributed by atoms with Crippen LogP contribution in [0.3, 0.4) is 0 Å². The molecule has 1 aliphatic rings. The van der Waals surface area contributed by atoms with E-state index in [1.54, 1.807) is 12.1 Å². The Bertz CT molecular complexity index is 534. The molecule has 1 aliphatic heterocycles. The van der Waals surface area contributed by atoms with E-state index in [-0.39, 0.29) is 23.8 Å². The third-order valence-electron chi connectivity index (χ3n) is 2.76. The zero-order valence-electron chi connectivity index (χ0n) is 11.1. The fraction of sp³-hybridized carbons (Fsp3) is 0.429. The molecule has 0 aliphatic carbocycles. The molecule has 0 bridgehead atoms. The largest absolute Gasteiger partial charge is 0.426 e. The van der Waals surface area contributed by atoms with Crippen molar-refractivity contribution in [1.82, 2.24) is 5.32 Å². The van der Waals surface area contributed by atoms with Gasteiger partial charge in [-0.3, -0.25) is 9.59 Å². The van der Waals surface area contributed by atoms with E-state index in [2.05, 4.69) is 21.2 Å². The maximum absolute atomic E-state index is 12.3. The Morgan fingerprint density at radius 2 is 2.11 bits per heavy atom. The van der Waals surface area contributed by atoms with Crippen LogP contribution >= 0.6 is 15.9 Å². The van der Waals surface area contributed by atoms with Crippen molar-refractivity contribution in [3.05, 3.63) is 28.2 Å². The van der Waals surface area contributed by atoms with Crippen molar-refractivity contribution in [3.8, 4) is 5.75 Å². The molecular weight excluding hydrogens is 310 g/mol. The molecule has 4 nitrogen and oxygen atoms in total. The molecule has 0 spiro atoms. The summed E-state index contributed by atoms with van der Waals surface area (Å²) < 4.78 is 6.02. The smallest absolute Gasteiger partial charge is 0.312 e. The van der Waals surface area contributed by atoms with Gasteiger partial charge in [0.1, 0.15) is 5.75 Å². The highest BCUT2D eigenvalue weighted by molar-refractivity contribution is 9.10. The third kappa shape index (κ3) is 3.35. The van der Waals surface area contributed by atoms with E-state index in [4.69, 9.17) is 4.74 Å². The molecule has 1 amide bonds. The molecule has 0 saturated heterocycles. The Balaban J connectivity index is 2.34. The highest BCUT2D eigenvalue weighted by Gasteiger charge is 2.33. The van der Waals surface area contributed by atoms with Crippen molar-refractivity contribution in [2.45, 2.75) is 38.6 Å². The molecule has 2 rings (SSSR count). The number of halogens is 1. The van der Waals surface area contributed by atoms with E-state index in [0.717, 1.165) is 10.0 Å². The summed E-state index contributed by atoms with van der Waals surface area (Å²) in [7, 11) is 0. The van der Waals surface area contributed by atoms with Crippen molar-refractivity contribution in [3.63, 3.8) is 0 Å². The highest BCUT2D eigenvalue weighted by Crippen LogP contribution is 2.36. The lowest BCUT2D eigenvalue weighted by atomic mass is 9.91. The van der Waals surface area contributed by atoms with Gasteiger partial charge in [-0.15, -0.1) is 0 Å². The summed E-state index contributed by atoms with van der Waals surface area (Å²) in [6.07, 6.45) is 0.0748. The number of ether oxygens (including phenoxy) is 1. The van der Waals surface area contributed by atoms with Crippen molar-refractivity contribution < 1.29 is 14.3 Å². The van der Waals surface area contributed by atoms with Gasteiger partial charge in [0.25, 0.3) is 0 Å². The summed E-state index contributed by atoms with van der Waals surface area (Å²) in [5, 5.41) is 2.91. The van der Waals surface area contributed by atoms with E-state index >= 15 is 0 Å². The van der Waals surface area contributed by atoms with Crippen LogP contribution in [0.2, 0.25) is 0 Å². The number of esters is 1. The van der Waals surface area contributed by atoms with E-state index in [0.29, 0.717) is 5.75 Å². The molecule has 1 N–H and O–H groups in total. The second-order valence-electron chi connectivity index (χ2n) is 5.65. The summed E-state index contributed by atoms with van der Waals surface area (Å²) in [5.41, 5.74) is 0.417. The minimum atomic E-state index is -0.493. The lowest BCUT2D eigenvalue weighted by molar-refractivity contribution is -0.139. The number of rotatable bonds is 1. The molecule has 0 saturated carbocycles. The number of hydrogen-bond acceptors (Lipinski definition) is 3. The minimum Gasteiger partial charge on any atom is -0.426 e. The molecular formula is C14H16BrNO3. The molecule has 1 heterocycles. The summed E-state index contributed by atoms with van der Waals surface area (Å²) in [5.74, 6) is -0.547. The zero-order valence-corrected chi connectivity index (χ0v) is 12.7. The number of nitrogens with one attached hydrogen (secondary N) is 1. The normalized spacial score (nSPS) is 18.5. The van der Waals surface area contributed by atoms with Gasteiger partial charge in [-0.2, -0.15) is 0 Å². The molecule has 0 aromatic heterocycles. The first-order valence-electron chi connectivity index (χ1n) is 6.08. The van der Waals surface area contributed by atoms with Crippen LogP contribution in [0.4, 0.5) is 0 Å². The Morgan fingerprint density at radius 3 is 2.74 bits per heavy atom. The van der Waals surface area contributed by atoms with Gasteiger partial charge in [0, 0.05) is 15.6 Å². The van der Waals surface area contributed by atoms with Crippen molar-refractivity contribution >= 4 is 27.8 Å². The molecule has 5 heteroatoms. The van der Waals surface area contributed by atoms with Gasteiger partial charge in [0.15, 0.2) is 0 Å². The molecule has 1 aromatic carbocycles. The first-order valence-corrected chi connectivity index (χ1v) is 6.88. The monoisotopic (exact) mass is 325 g/mol. The molecule has 1 atom stereocenters. The van der Waals surface area contributed by atoms with Gasteiger partial charge in [0.2, 0.25) is 5.91 Å². The molecule has 0 fully saturated rings. The SMILES string of the molecule is CC(C)(C)NC(=O)C1CC(=O)Oc2ccc(Br)cc21. The Hall–Kier alpha value is -1.36. The van der Waals surface area contributed by atoms with Crippen LogP contribution in [0.1, 0.15) is 38.7 Å². The van der Waals surface area contributed by atoms with E-state index in [1.165, 1.54) is 0 Å². The lowest BCUT2D eigenvalue weighted by Crippen LogP contribution is -2.44. The molecule has 19 heavy (non-hydrogen) atoms. The molecule has 0 radical (unpaired) electrons. The number of fused-ring (bicyclic) bond motifs is 1. The molecule has 1 aromatic rings. The van der Waals surface area contributed by atoms with Crippen LogP contribution in [0.25, 0.3) is 0 Å². The van der Waals surface area contributed by atoms with Crippen molar-refractivity contribution in [2.24, 2.45) is 0 Å². The van der Waals surface area contributed by atoms with Gasteiger partial charge in [-0.25, -0.2) is 0 Å². The first-order chi connectivity index (χ1) is 8.76. The van der Waals surface area contributed by atoms with Gasteiger partial charge in [0.05, 0.1) is 12.3 Å². The van der Waals surface area contributed by atoms with Crippen molar-refractivity contribution in [2.75, 3.05) is 0 Å². The van der Waals surface area contributed by atoms with Gasteiger partial charge in [-0.1, -0.05) is 15.9 Å². The Kier molecular flexibility index (Phi) is 3.67. The topological polar surface area (TPSA) is 55.4 Å². The standard InChI is InChI=1S/C14H16BrNO3/c1-14(2,3)16-13(18)10-7-12(17)19-11-5-4-8(15)6-9(10)11/h4-6,10H,7H2,1-3H3,(H,16,18). The van der Waals surface area contributed by atoms with Crippen LogP contribution in [-0.4, -0.2) is 17.4 Å². The van der Waals surface area contributed by atoms with Crippen LogP contribution < -0.4 is 10.1 Å². The maximum Gasteiger partial charge on any atom is 0.312 e. The number of benzene rings is 1. The first kappa shape index (κ1) is 14.1. The Labute approximate surface area is 120 Å². The number of amides is 1. The van der Waals surface area contributed by atoms with E-state index < -0.39 is 5.92 Å². The fourth-order valence-electron chi connectivity index (χ4n) is 2.02. The summed E-state index contributed by atoms with van der Waals surface area (Å²) >= 11 is 3.37. The average Bonchev–Trinajstić information content (AvgIpc) is 2.26. The van der Waals surface area contributed by atoms with Crippen LogP contribution in [0.15, 0.2) is 22.7 Å². The van der Waals surface area contributed by atoms with E-state index in [9.17, 15) is 9.59 Å². The number of carbonyl (C=O) groups is 2.